The predicted octanol–water partition coefficient (Wildman–Crippen LogP) is -1.86. The Labute approximate surface area is 50.0 Å². The van der Waals surface area contributed by atoms with Crippen molar-refractivity contribution < 1.29 is 30.1 Å². The minimum absolute atomic E-state index is 0.969. The van der Waals surface area contributed by atoms with Crippen molar-refractivity contribution in [1.82, 2.24) is 0 Å². The van der Waals surface area contributed by atoms with Crippen LogP contribution < -0.4 is 0 Å². The van der Waals surface area contributed by atoms with Crippen molar-refractivity contribution in [1.29, 1.82) is 0 Å². The van der Waals surface area contributed by atoms with Gasteiger partial charge in [-0.05, 0) is 0 Å². The number of rotatable bonds is 0. The first-order chi connectivity index (χ1) is 4.24. The Morgan fingerprint density at radius 2 is 0.889 bits per heavy atom. The van der Waals surface area contributed by atoms with Crippen LogP contribution in [0.25, 0.3) is 0 Å². The molecule has 0 aromatic carbocycles. The van der Waals surface area contributed by atoms with E-state index in [9.17, 15) is 19.2 Å². The van der Waals surface area contributed by atoms with Gasteiger partial charge in [0.05, 0.1) is 0 Å². The monoisotopic (exact) mass is 172 g/mol. The Hall–Kier alpha value is -1.17. The van der Waals surface area contributed by atoms with E-state index in [0.717, 1.165) is 19.3 Å². The maximum absolute atomic E-state index is 9.66. The van der Waals surface area contributed by atoms with E-state index in [4.69, 9.17) is 0 Å². The van der Waals surface area contributed by atoms with E-state index < -0.39 is 10.9 Å². The fourth-order valence-corrected chi connectivity index (χ4v) is 0.364. The first kappa shape index (κ1) is 7.83. The summed E-state index contributed by atoms with van der Waals surface area (Å²) in [6.45, 7) is 0. The zero-order valence-corrected chi connectivity index (χ0v) is 5.09. The summed E-state index contributed by atoms with van der Waals surface area (Å²) >= 11 is 0. The summed E-state index contributed by atoms with van der Waals surface area (Å²) < 4.78 is 0. The molecule has 0 aliphatic carbocycles. The van der Waals surface area contributed by atoms with Crippen LogP contribution in [-0.2, 0) is 30.1 Å². The van der Waals surface area contributed by atoms with E-state index in [1.165, 1.54) is 0 Å². The molecule has 0 rings (SSSR count). The van der Waals surface area contributed by atoms with Crippen LogP contribution in [-0.4, -0.2) is 19.3 Å². The Balaban J connectivity index is 7.65. The SMILES string of the molecule is O=[C]=[CoH](=[C]=O)(=[C]=O)=[C]=O. The summed E-state index contributed by atoms with van der Waals surface area (Å²) in [6, 6.07) is 0. The van der Waals surface area contributed by atoms with Crippen LogP contribution in [0.2, 0.25) is 0 Å². The van der Waals surface area contributed by atoms with Gasteiger partial charge in [0.2, 0.25) is 0 Å². The van der Waals surface area contributed by atoms with Gasteiger partial charge < -0.3 is 0 Å². The van der Waals surface area contributed by atoms with Gasteiger partial charge in [0.15, 0.2) is 0 Å². The quantitative estimate of drug-likeness (QED) is 0.429. The summed E-state index contributed by atoms with van der Waals surface area (Å²) in [5.41, 5.74) is 0. The summed E-state index contributed by atoms with van der Waals surface area (Å²) in [5, 5.41) is 0. The Morgan fingerprint density at radius 3 is 0.889 bits per heavy atom. The van der Waals surface area contributed by atoms with Crippen LogP contribution in [0.4, 0.5) is 0 Å². The van der Waals surface area contributed by atoms with E-state index in [-0.39, 0.29) is 0 Å². The van der Waals surface area contributed by atoms with Gasteiger partial charge in [0.25, 0.3) is 0 Å². The molecule has 0 amide bonds. The Morgan fingerprint density at radius 1 is 0.667 bits per heavy atom. The molecule has 4 nitrogen and oxygen atoms in total. The van der Waals surface area contributed by atoms with Crippen LogP contribution in [0.1, 0.15) is 0 Å². The van der Waals surface area contributed by atoms with Gasteiger partial charge in [0.1, 0.15) is 0 Å². The molecule has 0 saturated heterocycles. The van der Waals surface area contributed by atoms with Crippen LogP contribution in [0, 0.1) is 0 Å². The molecule has 0 N–H and O–H groups in total. The molecule has 0 spiro atoms. The molecule has 0 aliphatic rings. The molecule has 0 atom stereocenters. The van der Waals surface area contributed by atoms with E-state index in [1.54, 1.807) is 0 Å². The van der Waals surface area contributed by atoms with Gasteiger partial charge in [-0.25, -0.2) is 0 Å². The number of hydrogen-bond acceptors (Lipinski definition) is 4. The normalized spacial score (nSPS) is 9.78. The maximum atomic E-state index is 9.66. The fraction of sp³-hybridized carbons (Fsp3) is 0. The third-order valence-electron chi connectivity index (χ3n) is 0.433. The van der Waals surface area contributed by atoms with Crippen molar-refractivity contribution in [2.75, 3.05) is 0 Å². The summed E-state index contributed by atoms with van der Waals surface area (Å²) in [5.74, 6) is 0. The van der Waals surface area contributed by atoms with Gasteiger partial charge in [-0.15, -0.1) is 0 Å². The second-order valence-electron chi connectivity index (χ2n) is 0.819. The summed E-state index contributed by atoms with van der Waals surface area (Å²) in [7, 11) is -3.78. The van der Waals surface area contributed by atoms with Crippen molar-refractivity contribution in [3.63, 3.8) is 0 Å². The van der Waals surface area contributed by atoms with Crippen LogP contribution in [0.3, 0.4) is 0 Å². The second kappa shape index (κ2) is 2.97. The van der Waals surface area contributed by atoms with Crippen LogP contribution in [0.15, 0.2) is 0 Å². The molecule has 0 bridgehead atoms. The first-order valence-corrected chi connectivity index (χ1v) is 3.73. The molecular formula is C4HCoO4. The van der Waals surface area contributed by atoms with Crippen molar-refractivity contribution in [2.24, 2.45) is 0 Å². The van der Waals surface area contributed by atoms with Crippen molar-refractivity contribution >= 4 is 19.3 Å². The summed E-state index contributed by atoms with van der Waals surface area (Å²) in [4.78, 5) is 42.5. The van der Waals surface area contributed by atoms with E-state index >= 15 is 0 Å². The van der Waals surface area contributed by atoms with Crippen molar-refractivity contribution in [2.45, 2.75) is 0 Å². The van der Waals surface area contributed by atoms with Crippen LogP contribution >= 0.6 is 0 Å². The molecule has 0 heterocycles. The molecule has 9 heavy (non-hydrogen) atoms. The zero-order chi connectivity index (χ0) is 7.33. The first-order valence-electron chi connectivity index (χ1n) is 1.52. The molecular weight excluding hydrogens is 171 g/mol. The molecule has 0 saturated carbocycles. The third-order valence-corrected chi connectivity index (χ3v) is 1.79. The molecule has 0 aromatic rings. The molecule has 0 aliphatic heterocycles. The molecule has 0 radical (unpaired) electrons. The van der Waals surface area contributed by atoms with Gasteiger partial charge in [-0.2, -0.15) is 0 Å². The van der Waals surface area contributed by atoms with Gasteiger partial charge in [0, 0.05) is 0 Å². The molecule has 0 unspecified atom stereocenters. The van der Waals surface area contributed by atoms with E-state index in [0.29, 0.717) is 0 Å². The van der Waals surface area contributed by atoms with E-state index in [2.05, 4.69) is 0 Å². The Kier molecular flexibility index (Phi) is 2.59. The summed E-state index contributed by atoms with van der Waals surface area (Å²) in [6.07, 6.45) is 0. The van der Waals surface area contributed by atoms with E-state index in [1.807, 2.05) is 0 Å². The van der Waals surface area contributed by atoms with Gasteiger partial charge in [-0.3, -0.25) is 0 Å². The number of hydrogen-bond donors (Lipinski definition) is 0. The zero-order valence-electron chi connectivity index (χ0n) is 3.99. The second-order valence-corrected chi connectivity index (χ2v) is 3.38. The Bertz CT molecular complexity index is 359. The topological polar surface area (TPSA) is 68.3 Å². The van der Waals surface area contributed by atoms with Crippen molar-refractivity contribution in [3.8, 4) is 0 Å². The minimum atomic E-state index is -3.78. The number of carbonyl (C=O) groups excluding carboxylic acids is 4. The molecule has 50 valence electrons. The van der Waals surface area contributed by atoms with Gasteiger partial charge in [-0.1, -0.05) is 0 Å². The van der Waals surface area contributed by atoms with Gasteiger partial charge >= 0.3 is 49.3 Å². The molecule has 5 heteroatoms. The standard InChI is InChI=1S/4CO.Co.H/c4*1-2;;. The predicted molar refractivity (Wildman–Crippen MR) is 24.2 cm³/mol. The molecule has 0 aromatic heterocycles. The molecule has 0 fully saturated rings. The fourth-order valence-electron chi connectivity index (χ4n) is 0.0884. The van der Waals surface area contributed by atoms with Crippen molar-refractivity contribution in [3.05, 3.63) is 0 Å². The average Bonchev–Trinajstić information content (AvgIpc) is 1.95. The van der Waals surface area contributed by atoms with Crippen LogP contribution in [0.5, 0.6) is 0 Å². The average molecular weight is 172 g/mol. The third kappa shape index (κ3) is 1.36.